The van der Waals surface area contributed by atoms with Crippen LogP contribution in [0.1, 0.15) is 46.0 Å². The molecule has 1 heterocycles. The molecule has 2 aromatic rings. The zero-order chi connectivity index (χ0) is 22.1. The Labute approximate surface area is 170 Å². The van der Waals surface area contributed by atoms with Crippen molar-refractivity contribution < 1.29 is 27.1 Å². The van der Waals surface area contributed by atoms with Gasteiger partial charge in [0.15, 0.2) is 5.78 Å². The maximum absolute atomic E-state index is 13.2. The molecule has 29 heavy (non-hydrogen) atoms. The van der Waals surface area contributed by atoms with Crippen LogP contribution in [0.25, 0.3) is 0 Å². The van der Waals surface area contributed by atoms with Crippen LogP contribution in [0, 0.1) is 19.7 Å². The van der Waals surface area contributed by atoms with E-state index in [4.69, 9.17) is 4.74 Å². The number of benzene rings is 1. The van der Waals surface area contributed by atoms with Gasteiger partial charge in [-0.1, -0.05) is 0 Å². The molecular weight excluding hydrogens is 399 g/mol. The number of rotatable bonds is 7. The second kappa shape index (κ2) is 8.46. The molecule has 2 rings (SSSR count). The number of nitrogens with zero attached hydrogens (tertiary/aromatic N) is 2. The number of Topliss-reactive ketones (excluding diaryl/α,β-unsaturated/α-hetero) is 1. The van der Waals surface area contributed by atoms with Crippen molar-refractivity contribution in [1.82, 2.24) is 8.87 Å². The van der Waals surface area contributed by atoms with Gasteiger partial charge in [-0.05, 0) is 57.5 Å². The number of likely N-dealkylation sites (N-methyl/N-ethyl adjacent to an activating group) is 1. The van der Waals surface area contributed by atoms with Crippen molar-refractivity contribution in [1.29, 1.82) is 0 Å². The van der Waals surface area contributed by atoms with Crippen LogP contribution in [0.2, 0.25) is 0 Å². The highest BCUT2D eigenvalue weighted by Gasteiger charge is 2.34. The predicted octanol–water partition coefficient (Wildman–Crippen LogP) is 2.85. The zero-order valence-corrected chi connectivity index (χ0v) is 18.1. The molecule has 0 fully saturated rings. The van der Waals surface area contributed by atoms with E-state index in [2.05, 4.69) is 0 Å². The number of carbonyl (C=O) groups is 2. The first-order valence-corrected chi connectivity index (χ1v) is 10.5. The quantitative estimate of drug-likeness (QED) is 0.504. The molecule has 9 heteroatoms. The fourth-order valence-corrected chi connectivity index (χ4v) is 4.51. The van der Waals surface area contributed by atoms with Crippen LogP contribution in [0.4, 0.5) is 4.39 Å². The van der Waals surface area contributed by atoms with E-state index in [-0.39, 0.29) is 22.8 Å². The third-order valence-corrected chi connectivity index (χ3v) is 7.00. The van der Waals surface area contributed by atoms with Crippen molar-refractivity contribution >= 4 is 21.8 Å². The Morgan fingerprint density at radius 3 is 2.28 bits per heavy atom. The third kappa shape index (κ3) is 4.11. The number of carbonyl (C=O) groups excluding carboxylic acids is 2. The van der Waals surface area contributed by atoms with Gasteiger partial charge in [-0.3, -0.25) is 4.79 Å². The minimum Gasteiger partial charge on any atom is -0.461 e. The molecule has 0 saturated heterocycles. The summed E-state index contributed by atoms with van der Waals surface area (Å²) in [6, 6.07) is 3.35. The lowest BCUT2D eigenvalue weighted by atomic mass is 10.0. The van der Waals surface area contributed by atoms with Gasteiger partial charge in [-0.15, -0.1) is 0 Å². The number of ether oxygens (including phenoxy) is 1. The Morgan fingerprint density at radius 1 is 1.21 bits per heavy atom. The van der Waals surface area contributed by atoms with Crippen molar-refractivity contribution in [2.75, 3.05) is 13.7 Å². The molecule has 0 amide bonds. The Balaban J connectivity index is 2.43. The molecule has 0 N–H and O–H groups in total. The molecular formula is C20H25FN2O5S. The van der Waals surface area contributed by atoms with E-state index < -0.39 is 33.6 Å². The normalized spacial score (nSPS) is 12.8. The lowest BCUT2D eigenvalue weighted by Gasteiger charge is -2.23. The zero-order valence-electron chi connectivity index (χ0n) is 17.3. The first kappa shape index (κ1) is 22.8. The first-order chi connectivity index (χ1) is 13.4. The smallest absolute Gasteiger partial charge is 0.355 e. The molecule has 7 nitrogen and oxygen atoms in total. The SMILES string of the molecule is CCOC(=O)c1c(C)c(C(=O)C(C)N(C)S(=O)(=O)c2ccc(F)cc2)c(C)n1C. The largest absolute Gasteiger partial charge is 0.461 e. The number of hydrogen-bond acceptors (Lipinski definition) is 5. The Kier molecular flexibility index (Phi) is 6.64. The third-order valence-electron chi connectivity index (χ3n) is 5.06. The van der Waals surface area contributed by atoms with E-state index in [0.717, 1.165) is 28.6 Å². The summed E-state index contributed by atoms with van der Waals surface area (Å²) in [4.78, 5) is 25.3. The topological polar surface area (TPSA) is 85.7 Å². The fraction of sp³-hybridized carbons (Fsp3) is 0.400. The summed E-state index contributed by atoms with van der Waals surface area (Å²) in [6.45, 7) is 6.67. The lowest BCUT2D eigenvalue weighted by Crippen LogP contribution is -2.40. The highest BCUT2D eigenvalue weighted by Crippen LogP contribution is 2.26. The number of ketones is 1. The minimum atomic E-state index is -4.01. The molecule has 1 atom stereocenters. The molecule has 158 valence electrons. The second-order valence-electron chi connectivity index (χ2n) is 6.73. The molecule has 1 aromatic heterocycles. The van der Waals surface area contributed by atoms with Crippen LogP contribution < -0.4 is 0 Å². The van der Waals surface area contributed by atoms with Crippen molar-refractivity contribution in [2.45, 2.75) is 38.6 Å². The summed E-state index contributed by atoms with van der Waals surface area (Å²) >= 11 is 0. The number of sulfonamides is 1. The molecule has 0 aliphatic rings. The van der Waals surface area contributed by atoms with Crippen molar-refractivity contribution in [3.8, 4) is 0 Å². The summed E-state index contributed by atoms with van der Waals surface area (Å²) in [5.41, 5.74) is 1.51. The van der Waals surface area contributed by atoms with Gasteiger partial charge >= 0.3 is 5.97 Å². The van der Waals surface area contributed by atoms with Crippen LogP contribution in [0.3, 0.4) is 0 Å². The number of hydrogen-bond donors (Lipinski definition) is 0. The molecule has 1 aromatic carbocycles. The second-order valence-corrected chi connectivity index (χ2v) is 8.73. The standard InChI is InChI=1S/C20H25FN2O5S/c1-7-28-20(25)18-12(2)17(13(3)22(18)5)19(24)14(4)23(6)29(26,27)16-10-8-15(21)9-11-16/h8-11,14H,7H2,1-6H3. The Morgan fingerprint density at radius 2 is 1.76 bits per heavy atom. The van der Waals surface area contributed by atoms with Crippen molar-refractivity contribution in [3.05, 3.63) is 52.6 Å². The van der Waals surface area contributed by atoms with Gasteiger partial charge < -0.3 is 9.30 Å². The number of halogens is 1. The predicted molar refractivity (Wildman–Crippen MR) is 106 cm³/mol. The molecule has 0 radical (unpaired) electrons. The van der Waals surface area contributed by atoms with Gasteiger partial charge in [0.1, 0.15) is 11.5 Å². The molecule has 0 saturated carbocycles. The van der Waals surface area contributed by atoms with E-state index >= 15 is 0 Å². The number of aromatic nitrogens is 1. The molecule has 0 bridgehead atoms. The van der Waals surface area contributed by atoms with Crippen molar-refractivity contribution in [3.63, 3.8) is 0 Å². The van der Waals surface area contributed by atoms with Gasteiger partial charge in [0.2, 0.25) is 10.0 Å². The average Bonchev–Trinajstić information content (AvgIpc) is 2.89. The van der Waals surface area contributed by atoms with E-state index in [1.807, 2.05) is 0 Å². The van der Waals surface area contributed by atoms with Gasteiger partial charge in [0.25, 0.3) is 0 Å². The number of esters is 1. The first-order valence-electron chi connectivity index (χ1n) is 9.05. The molecule has 1 unspecified atom stereocenters. The van der Waals surface area contributed by atoms with Crippen LogP contribution in [0.5, 0.6) is 0 Å². The maximum Gasteiger partial charge on any atom is 0.355 e. The van der Waals surface area contributed by atoms with Gasteiger partial charge in [0, 0.05) is 25.4 Å². The monoisotopic (exact) mass is 424 g/mol. The summed E-state index contributed by atoms with van der Waals surface area (Å²) in [5, 5.41) is 0. The summed E-state index contributed by atoms with van der Waals surface area (Å²) in [5.74, 6) is -1.55. The molecule has 0 aliphatic carbocycles. The highest BCUT2D eigenvalue weighted by atomic mass is 32.2. The molecule has 0 aliphatic heterocycles. The van der Waals surface area contributed by atoms with Crippen molar-refractivity contribution in [2.24, 2.45) is 7.05 Å². The average molecular weight is 424 g/mol. The minimum absolute atomic E-state index is 0.116. The van der Waals surface area contributed by atoms with Crippen LogP contribution >= 0.6 is 0 Å². The van der Waals surface area contributed by atoms with E-state index in [1.165, 1.54) is 14.0 Å². The van der Waals surface area contributed by atoms with Gasteiger partial charge in [-0.2, -0.15) is 4.31 Å². The van der Waals surface area contributed by atoms with Gasteiger partial charge in [0.05, 0.1) is 17.5 Å². The molecule has 0 spiro atoms. The Bertz CT molecular complexity index is 1040. The summed E-state index contributed by atoms with van der Waals surface area (Å²) in [7, 11) is -1.07. The van der Waals surface area contributed by atoms with Crippen LogP contribution in [-0.2, 0) is 21.8 Å². The lowest BCUT2D eigenvalue weighted by molar-refractivity contribution is 0.0514. The van der Waals surface area contributed by atoms with Crippen LogP contribution in [-0.4, -0.2) is 48.7 Å². The van der Waals surface area contributed by atoms with E-state index in [1.54, 1.807) is 32.4 Å². The van der Waals surface area contributed by atoms with Gasteiger partial charge in [-0.25, -0.2) is 17.6 Å². The summed E-state index contributed by atoms with van der Waals surface area (Å²) < 4.78 is 46.4. The fourth-order valence-electron chi connectivity index (χ4n) is 3.18. The highest BCUT2D eigenvalue weighted by molar-refractivity contribution is 7.89. The summed E-state index contributed by atoms with van der Waals surface area (Å²) in [6.07, 6.45) is 0. The Hall–Kier alpha value is -2.52. The van der Waals surface area contributed by atoms with E-state index in [0.29, 0.717) is 11.3 Å². The maximum atomic E-state index is 13.2. The van der Waals surface area contributed by atoms with Crippen LogP contribution in [0.15, 0.2) is 29.2 Å². The van der Waals surface area contributed by atoms with E-state index in [9.17, 15) is 22.4 Å².